The van der Waals surface area contributed by atoms with E-state index in [4.69, 9.17) is 11.6 Å². The van der Waals surface area contributed by atoms with Gasteiger partial charge in [-0.25, -0.2) is 4.98 Å². The molecule has 1 aromatic carbocycles. The Morgan fingerprint density at radius 1 is 1.11 bits per heavy atom. The largest absolute Gasteiger partial charge is 0.372 e. The smallest absolute Gasteiger partial charge is 0.0946 e. The van der Waals surface area contributed by atoms with Crippen molar-refractivity contribution < 1.29 is 0 Å². The van der Waals surface area contributed by atoms with Gasteiger partial charge in [0, 0.05) is 52.7 Å². The molecule has 1 atom stereocenters. The summed E-state index contributed by atoms with van der Waals surface area (Å²) in [5.41, 5.74) is 1.36. The number of nitrogens with zero attached hydrogens (tertiary/aromatic N) is 3. The predicted octanol–water partition coefficient (Wildman–Crippen LogP) is 5.99. The maximum absolute atomic E-state index is 6.09. The van der Waals surface area contributed by atoms with Crippen LogP contribution in [0.2, 0.25) is 4.34 Å². The van der Waals surface area contributed by atoms with Crippen LogP contribution in [0.3, 0.4) is 0 Å². The summed E-state index contributed by atoms with van der Waals surface area (Å²) in [6.07, 6.45) is 10.6. The van der Waals surface area contributed by atoms with Crippen LogP contribution in [0, 0.1) is 0 Å². The Morgan fingerprint density at radius 2 is 1.93 bits per heavy atom. The third kappa shape index (κ3) is 5.31. The summed E-state index contributed by atoms with van der Waals surface area (Å²) in [7, 11) is 0. The van der Waals surface area contributed by atoms with Gasteiger partial charge in [-0.15, -0.1) is 23.1 Å². The Labute approximate surface area is 174 Å². The Kier molecular flexibility index (Phi) is 6.43. The Bertz CT molecular complexity index is 824. The van der Waals surface area contributed by atoms with Crippen molar-refractivity contribution in [3.8, 4) is 0 Å². The summed E-state index contributed by atoms with van der Waals surface area (Å²) >= 11 is 9.75. The molecule has 0 bridgehead atoms. The molecule has 3 heterocycles. The number of rotatable bonds is 8. The molecule has 3 aromatic rings. The molecule has 1 saturated heterocycles. The standard InChI is InChI=1S/C21H24ClN3S2/c22-21-10-9-19(27-21)7-8-20(15-24-14-11-23-16-24)26-18-5-3-17(4-6-18)25-12-1-2-13-25/h3-6,9-11,14,16,20H,1-2,7-8,12-13,15H2. The normalized spacial score (nSPS) is 15.4. The molecule has 4 rings (SSSR count). The van der Waals surface area contributed by atoms with Gasteiger partial charge in [-0.3, -0.25) is 0 Å². The van der Waals surface area contributed by atoms with Gasteiger partial charge in [0.05, 0.1) is 10.7 Å². The van der Waals surface area contributed by atoms with Gasteiger partial charge in [0.1, 0.15) is 0 Å². The fourth-order valence-electron chi connectivity index (χ4n) is 3.51. The molecule has 1 unspecified atom stereocenters. The van der Waals surface area contributed by atoms with E-state index in [1.165, 1.54) is 41.4 Å². The van der Waals surface area contributed by atoms with Crippen LogP contribution in [0.4, 0.5) is 5.69 Å². The van der Waals surface area contributed by atoms with Crippen LogP contribution in [-0.4, -0.2) is 27.9 Å². The number of imidazole rings is 1. The summed E-state index contributed by atoms with van der Waals surface area (Å²) < 4.78 is 3.05. The minimum absolute atomic E-state index is 0.498. The van der Waals surface area contributed by atoms with Crippen molar-refractivity contribution in [2.24, 2.45) is 0 Å². The van der Waals surface area contributed by atoms with Gasteiger partial charge in [0.2, 0.25) is 0 Å². The minimum Gasteiger partial charge on any atom is -0.372 e. The van der Waals surface area contributed by atoms with Gasteiger partial charge in [0.15, 0.2) is 0 Å². The summed E-state index contributed by atoms with van der Waals surface area (Å²) in [5.74, 6) is 0. The van der Waals surface area contributed by atoms with E-state index in [1.54, 1.807) is 11.3 Å². The number of thioether (sulfide) groups is 1. The number of aryl methyl sites for hydroxylation is 1. The number of hydrogen-bond donors (Lipinski definition) is 0. The third-order valence-corrected chi connectivity index (χ3v) is 7.48. The number of anilines is 1. The maximum Gasteiger partial charge on any atom is 0.0946 e. The van der Waals surface area contributed by atoms with E-state index in [2.05, 4.69) is 44.8 Å². The van der Waals surface area contributed by atoms with E-state index < -0.39 is 0 Å². The van der Waals surface area contributed by atoms with Crippen molar-refractivity contribution in [1.82, 2.24) is 9.55 Å². The van der Waals surface area contributed by atoms with Gasteiger partial charge in [-0.05, 0) is 62.1 Å². The van der Waals surface area contributed by atoms with Crippen LogP contribution in [-0.2, 0) is 13.0 Å². The van der Waals surface area contributed by atoms with Gasteiger partial charge < -0.3 is 9.47 Å². The molecule has 2 aromatic heterocycles. The molecular weight excluding hydrogens is 394 g/mol. The molecule has 0 amide bonds. The van der Waals surface area contributed by atoms with Crippen molar-refractivity contribution in [3.63, 3.8) is 0 Å². The van der Waals surface area contributed by atoms with Crippen LogP contribution in [0.15, 0.2) is 60.0 Å². The second-order valence-corrected chi connectivity index (χ2v) is 10.1. The zero-order valence-corrected chi connectivity index (χ0v) is 17.6. The number of hydrogen-bond acceptors (Lipinski definition) is 4. The SMILES string of the molecule is Clc1ccc(CCC(Cn2ccnc2)Sc2ccc(N3CCCC3)cc2)s1. The average Bonchev–Trinajstić information content (AvgIpc) is 3.44. The van der Waals surface area contributed by atoms with Gasteiger partial charge in [0.25, 0.3) is 0 Å². The first-order valence-corrected chi connectivity index (χ1v) is 11.6. The van der Waals surface area contributed by atoms with Crippen molar-refractivity contribution in [2.45, 2.75) is 42.4 Å². The zero-order valence-electron chi connectivity index (χ0n) is 15.3. The molecule has 0 aliphatic carbocycles. The molecule has 142 valence electrons. The Morgan fingerprint density at radius 3 is 2.59 bits per heavy atom. The fourth-order valence-corrected chi connectivity index (χ4v) is 5.77. The summed E-state index contributed by atoms with van der Waals surface area (Å²) in [4.78, 5) is 9.38. The first-order chi connectivity index (χ1) is 13.3. The second-order valence-electron chi connectivity index (χ2n) is 6.93. The highest BCUT2D eigenvalue weighted by molar-refractivity contribution is 8.00. The van der Waals surface area contributed by atoms with Crippen LogP contribution in [0.1, 0.15) is 24.1 Å². The number of benzene rings is 1. The topological polar surface area (TPSA) is 21.1 Å². The van der Waals surface area contributed by atoms with Gasteiger partial charge >= 0.3 is 0 Å². The lowest BCUT2D eigenvalue weighted by molar-refractivity contribution is 0.626. The second kappa shape index (κ2) is 9.18. The lowest BCUT2D eigenvalue weighted by atomic mass is 10.2. The van der Waals surface area contributed by atoms with E-state index in [1.807, 2.05) is 36.5 Å². The van der Waals surface area contributed by atoms with Crippen LogP contribution in [0.25, 0.3) is 0 Å². The lowest BCUT2D eigenvalue weighted by Gasteiger charge is -2.19. The van der Waals surface area contributed by atoms with Gasteiger partial charge in [-0.1, -0.05) is 11.6 Å². The Balaban J connectivity index is 1.41. The van der Waals surface area contributed by atoms with Crippen LogP contribution < -0.4 is 4.90 Å². The first-order valence-electron chi connectivity index (χ1n) is 9.48. The first kappa shape index (κ1) is 18.9. The van der Waals surface area contributed by atoms with Crippen LogP contribution >= 0.6 is 34.7 Å². The average molecular weight is 418 g/mol. The molecule has 0 saturated carbocycles. The van der Waals surface area contributed by atoms with Crippen molar-refractivity contribution in [1.29, 1.82) is 0 Å². The summed E-state index contributed by atoms with van der Waals surface area (Å²) in [6.45, 7) is 3.36. The van der Waals surface area contributed by atoms with Gasteiger partial charge in [-0.2, -0.15) is 0 Å². The fraction of sp³-hybridized carbons (Fsp3) is 0.381. The number of aromatic nitrogens is 2. The molecule has 6 heteroatoms. The molecule has 1 fully saturated rings. The highest BCUT2D eigenvalue weighted by Crippen LogP contribution is 2.31. The molecule has 27 heavy (non-hydrogen) atoms. The molecule has 0 N–H and O–H groups in total. The number of halogens is 1. The third-order valence-electron chi connectivity index (χ3n) is 4.93. The van der Waals surface area contributed by atoms with E-state index in [0.29, 0.717) is 5.25 Å². The van der Waals surface area contributed by atoms with E-state index in [-0.39, 0.29) is 0 Å². The molecule has 1 aliphatic rings. The van der Waals surface area contributed by atoms with E-state index in [9.17, 15) is 0 Å². The number of thiophene rings is 1. The summed E-state index contributed by atoms with van der Waals surface area (Å²) in [5, 5.41) is 0.498. The lowest BCUT2D eigenvalue weighted by Crippen LogP contribution is -2.17. The molecule has 0 radical (unpaired) electrons. The highest BCUT2D eigenvalue weighted by atomic mass is 35.5. The van der Waals surface area contributed by atoms with Crippen molar-refractivity contribution >= 4 is 40.4 Å². The molecule has 3 nitrogen and oxygen atoms in total. The van der Waals surface area contributed by atoms with Crippen LogP contribution in [0.5, 0.6) is 0 Å². The van der Waals surface area contributed by atoms with Crippen molar-refractivity contribution in [3.05, 3.63) is 64.3 Å². The molecular formula is C21H24ClN3S2. The van der Waals surface area contributed by atoms with E-state index in [0.717, 1.165) is 23.7 Å². The minimum atomic E-state index is 0.498. The molecule has 1 aliphatic heterocycles. The Hall–Kier alpha value is -1.43. The van der Waals surface area contributed by atoms with E-state index >= 15 is 0 Å². The summed E-state index contributed by atoms with van der Waals surface area (Å²) in [6, 6.07) is 13.3. The highest BCUT2D eigenvalue weighted by Gasteiger charge is 2.15. The quantitative estimate of drug-likeness (QED) is 0.420. The predicted molar refractivity (Wildman–Crippen MR) is 117 cm³/mol. The molecule has 0 spiro atoms. The monoisotopic (exact) mass is 417 g/mol. The van der Waals surface area contributed by atoms with Crippen molar-refractivity contribution in [2.75, 3.05) is 18.0 Å². The zero-order chi connectivity index (χ0) is 18.5. The maximum atomic E-state index is 6.09.